The van der Waals surface area contributed by atoms with Gasteiger partial charge in [-0.25, -0.2) is 9.78 Å². The summed E-state index contributed by atoms with van der Waals surface area (Å²) in [5, 5.41) is 26.0. The van der Waals surface area contributed by atoms with Gasteiger partial charge in [-0.3, -0.25) is 9.59 Å². The lowest BCUT2D eigenvalue weighted by molar-refractivity contribution is -0.142. The van der Waals surface area contributed by atoms with Crippen LogP contribution in [0.5, 0.6) is 0 Å². The van der Waals surface area contributed by atoms with Gasteiger partial charge in [-0.1, -0.05) is 45.0 Å². The van der Waals surface area contributed by atoms with E-state index in [1.165, 1.54) is 16.2 Å². The number of rotatable bonds is 7. The van der Waals surface area contributed by atoms with Gasteiger partial charge in [0.15, 0.2) is 0 Å². The highest BCUT2D eigenvalue weighted by Gasteiger charge is 2.45. The van der Waals surface area contributed by atoms with Gasteiger partial charge in [-0.05, 0) is 44.2 Å². The molecule has 1 aliphatic heterocycles. The Bertz CT molecular complexity index is 1170. The van der Waals surface area contributed by atoms with Crippen LogP contribution in [0.15, 0.2) is 29.8 Å². The Morgan fingerprint density at radius 2 is 1.77 bits per heavy atom. The lowest BCUT2D eigenvalue weighted by Gasteiger charge is -2.36. The monoisotopic (exact) mass is 560 g/mol. The van der Waals surface area contributed by atoms with E-state index < -0.39 is 53.2 Å². The molecule has 39 heavy (non-hydrogen) atoms. The normalized spacial score (nSPS) is 19.4. The van der Waals surface area contributed by atoms with Crippen LogP contribution in [0.2, 0.25) is 0 Å². The summed E-state index contributed by atoms with van der Waals surface area (Å²) in [5.41, 5.74) is 2.95. The zero-order valence-electron chi connectivity index (χ0n) is 23.6. The van der Waals surface area contributed by atoms with Crippen molar-refractivity contribution in [2.75, 3.05) is 13.2 Å². The molecule has 1 fully saturated rings. The summed E-state index contributed by atoms with van der Waals surface area (Å²) in [7, 11) is 0. The van der Waals surface area contributed by atoms with Crippen LogP contribution >= 0.6 is 11.3 Å². The van der Waals surface area contributed by atoms with Crippen molar-refractivity contribution in [1.29, 1.82) is 0 Å². The average Bonchev–Trinajstić information content (AvgIpc) is 3.44. The Morgan fingerprint density at radius 1 is 1.13 bits per heavy atom. The van der Waals surface area contributed by atoms with Gasteiger partial charge in [-0.2, -0.15) is 0 Å². The second kappa shape index (κ2) is 12.0. The van der Waals surface area contributed by atoms with E-state index in [-0.39, 0.29) is 19.6 Å². The third-order valence-electron chi connectivity index (χ3n) is 6.46. The molecule has 3 rings (SSSR count). The zero-order chi connectivity index (χ0) is 29.1. The van der Waals surface area contributed by atoms with E-state index in [0.717, 1.165) is 16.1 Å². The molecule has 0 spiro atoms. The number of amides is 3. The number of nitrogens with zero attached hydrogens (tertiary/aromatic N) is 2. The maximum atomic E-state index is 13.7. The Kier molecular flexibility index (Phi) is 9.40. The predicted octanol–water partition coefficient (Wildman–Crippen LogP) is 3.17. The highest BCUT2D eigenvalue weighted by atomic mass is 32.1. The second-order valence-corrected chi connectivity index (χ2v) is 12.8. The number of likely N-dealkylation sites (tertiary alicyclic amines) is 1. The number of benzene rings is 1. The van der Waals surface area contributed by atoms with Crippen LogP contribution in [0.3, 0.4) is 0 Å². The highest BCUT2D eigenvalue weighted by molar-refractivity contribution is 7.13. The standard InChI is InChI=1S/C28H40N4O6S/c1-16-22(39-15-29-16)18-10-8-17(9-11-18)20(14-33)30-24(35)21-12-19(34)13-32(21)25(36)23(27(2,3)4)31-26(37)38-28(5,6)7/h8-11,15,19-21,23,33-34H,12-14H2,1-7H3,(H,30,35)(H,31,37)/t19-,20?,21+,23-/m1/s1. The van der Waals surface area contributed by atoms with E-state index in [1.807, 2.05) is 31.2 Å². The van der Waals surface area contributed by atoms with Crippen molar-refractivity contribution in [1.82, 2.24) is 20.5 Å². The molecule has 4 atom stereocenters. The molecule has 1 aromatic carbocycles. The average molecular weight is 561 g/mol. The van der Waals surface area contributed by atoms with Crippen LogP contribution in [-0.2, 0) is 14.3 Å². The topological polar surface area (TPSA) is 141 Å². The minimum Gasteiger partial charge on any atom is -0.444 e. The molecule has 1 aliphatic rings. The van der Waals surface area contributed by atoms with E-state index in [1.54, 1.807) is 47.1 Å². The number of hydrogen-bond acceptors (Lipinski definition) is 8. The van der Waals surface area contributed by atoms with E-state index >= 15 is 0 Å². The number of carbonyl (C=O) groups is 3. The first kappa shape index (κ1) is 30.5. The number of aryl methyl sites for hydroxylation is 1. The van der Waals surface area contributed by atoms with Crippen molar-refractivity contribution in [3.63, 3.8) is 0 Å². The molecular formula is C28H40N4O6S. The first-order valence-electron chi connectivity index (χ1n) is 13.0. The molecule has 1 aromatic heterocycles. The van der Waals surface area contributed by atoms with Crippen molar-refractivity contribution in [2.24, 2.45) is 5.41 Å². The molecule has 214 valence electrons. The highest BCUT2D eigenvalue weighted by Crippen LogP contribution is 2.29. The Hall–Kier alpha value is -3.02. The van der Waals surface area contributed by atoms with Crippen LogP contribution in [-0.4, -0.2) is 74.9 Å². The second-order valence-electron chi connectivity index (χ2n) is 12.0. The molecule has 0 aliphatic carbocycles. The van der Waals surface area contributed by atoms with Crippen molar-refractivity contribution in [3.05, 3.63) is 41.0 Å². The summed E-state index contributed by atoms with van der Waals surface area (Å²) >= 11 is 1.54. The SMILES string of the molecule is Cc1ncsc1-c1ccc(C(CO)NC(=O)[C@@H]2C[C@@H](O)CN2C(=O)[C@@H](NC(=O)OC(C)(C)C)C(C)(C)C)cc1. The van der Waals surface area contributed by atoms with Gasteiger partial charge in [0.05, 0.1) is 34.8 Å². The molecule has 10 nitrogen and oxygen atoms in total. The minimum atomic E-state index is -0.996. The van der Waals surface area contributed by atoms with Gasteiger partial charge in [0, 0.05) is 13.0 Å². The van der Waals surface area contributed by atoms with Gasteiger partial charge in [0.1, 0.15) is 17.7 Å². The van der Waals surface area contributed by atoms with Gasteiger partial charge in [0.25, 0.3) is 0 Å². The van der Waals surface area contributed by atoms with Crippen LogP contribution in [0.4, 0.5) is 4.79 Å². The molecule has 2 heterocycles. The summed E-state index contributed by atoms with van der Waals surface area (Å²) < 4.78 is 5.35. The number of hydrogen-bond donors (Lipinski definition) is 4. The number of aliphatic hydroxyl groups excluding tert-OH is 2. The number of aromatic nitrogens is 1. The molecule has 3 amide bonds. The van der Waals surface area contributed by atoms with Crippen molar-refractivity contribution < 1.29 is 29.3 Å². The molecular weight excluding hydrogens is 520 g/mol. The maximum Gasteiger partial charge on any atom is 0.408 e. The number of carbonyl (C=O) groups excluding carboxylic acids is 3. The molecule has 2 aromatic rings. The Balaban J connectivity index is 1.76. The van der Waals surface area contributed by atoms with Gasteiger partial charge in [0.2, 0.25) is 11.8 Å². The lowest BCUT2D eigenvalue weighted by atomic mass is 9.85. The van der Waals surface area contributed by atoms with E-state index in [9.17, 15) is 24.6 Å². The fraction of sp³-hybridized carbons (Fsp3) is 0.571. The first-order valence-corrected chi connectivity index (χ1v) is 13.9. The van der Waals surface area contributed by atoms with Gasteiger partial charge < -0.3 is 30.5 Å². The third kappa shape index (κ3) is 7.77. The fourth-order valence-electron chi connectivity index (χ4n) is 4.49. The summed E-state index contributed by atoms with van der Waals surface area (Å²) in [4.78, 5) is 46.2. The quantitative estimate of drug-likeness (QED) is 0.408. The minimum absolute atomic E-state index is 0.0443. The van der Waals surface area contributed by atoms with E-state index in [4.69, 9.17) is 4.74 Å². The van der Waals surface area contributed by atoms with Crippen molar-refractivity contribution in [3.8, 4) is 10.4 Å². The largest absolute Gasteiger partial charge is 0.444 e. The van der Waals surface area contributed by atoms with Crippen molar-refractivity contribution >= 4 is 29.2 Å². The smallest absolute Gasteiger partial charge is 0.408 e. The number of nitrogens with one attached hydrogen (secondary N) is 2. The summed E-state index contributed by atoms with van der Waals surface area (Å²) in [6, 6.07) is 4.83. The molecule has 1 saturated heterocycles. The summed E-state index contributed by atoms with van der Waals surface area (Å²) in [5.74, 6) is -0.985. The number of alkyl carbamates (subject to hydrolysis) is 1. The zero-order valence-corrected chi connectivity index (χ0v) is 24.5. The first-order chi connectivity index (χ1) is 18.1. The van der Waals surface area contributed by atoms with Gasteiger partial charge >= 0.3 is 6.09 Å². The Labute approximate surface area is 233 Å². The lowest BCUT2D eigenvalue weighted by Crippen LogP contribution is -2.58. The number of β-amino-alcohol motifs (C(OH)–C–C–N with tert-alkyl or cyclic N) is 1. The Morgan fingerprint density at radius 3 is 2.28 bits per heavy atom. The maximum absolute atomic E-state index is 13.7. The molecule has 0 bridgehead atoms. The van der Waals surface area contributed by atoms with Gasteiger partial charge in [-0.15, -0.1) is 11.3 Å². The number of aliphatic hydroxyl groups is 2. The van der Waals surface area contributed by atoms with Crippen LogP contribution in [0.25, 0.3) is 10.4 Å². The molecule has 11 heteroatoms. The third-order valence-corrected chi connectivity index (χ3v) is 7.44. The van der Waals surface area contributed by atoms with Crippen LogP contribution in [0, 0.1) is 12.3 Å². The van der Waals surface area contributed by atoms with Crippen LogP contribution in [0.1, 0.15) is 65.3 Å². The molecule has 0 radical (unpaired) electrons. The van der Waals surface area contributed by atoms with E-state index in [2.05, 4.69) is 15.6 Å². The molecule has 4 N–H and O–H groups in total. The molecule has 1 unspecified atom stereocenters. The molecule has 0 saturated carbocycles. The fourth-order valence-corrected chi connectivity index (χ4v) is 5.31. The number of ether oxygens (including phenoxy) is 1. The van der Waals surface area contributed by atoms with Crippen LogP contribution < -0.4 is 10.6 Å². The summed E-state index contributed by atoms with van der Waals surface area (Å²) in [6.07, 6.45) is -1.60. The van der Waals surface area contributed by atoms with Crippen molar-refractivity contribution in [2.45, 2.75) is 84.7 Å². The van der Waals surface area contributed by atoms with E-state index in [0.29, 0.717) is 5.56 Å². The summed E-state index contributed by atoms with van der Waals surface area (Å²) in [6.45, 7) is 12.1. The number of thiazole rings is 1. The predicted molar refractivity (Wildman–Crippen MR) is 149 cm³/mol.